The van der Waals surface area contributed by atoms with Gasteiger partial charge in [0.05, 0.1) is 11.2 Å². The molecule has 1 aliphatic carbocycles. The van der Waals surface area contributed by atoms with Crippen LogP contribution in [-0.2, 0) is 0 Å². The number of aromatic amines is 1. The van der Waals surface area contributed by atoms with E-state index >= 15 is 0 Å². The molecule has 1 aliphatic rings. The molecule has 1 aromatic heterocycles. The van der Waals surface area contributed by atoms with Gasteiger partial charge in [-0.05, 0) is 75.8 Å². The molecule has 3 rings (SSSR count). The van der Waals surface area contributed by atoms with Gasteiger partial charge < -0.3 is 25.5 Å². The average Bonchev–Trinajstić information content (AvgIpc) is 3.17. The van der Waals surface area contributed by atoms with Gasteiger partial charge >= 0.3 is 0 Å². The van der Waals surface area contributed by atoms with Crippen LogP contribution in [0.2, 0.25) is 0 Å². The molecule has 0 saturated carbocycles. The third-order valence-electron chi connectivity index (χ3n) is 6.22. The number of nitrogens with zero attached hydrogens (tertiary/aromatic N) is 2. The molecule has 6 N–H and O–H groups in total. The van der Waals surface area contributed by atoms with E-state index in [4.69, 9.17) is 0 Å². The zero-order valence-electron chi connectivity index (χ0n) is 19.4. The van der Waals surface area contributed by atoms with Crippen molar-refractivity contribution in [2.75, 3.05) is 0 Å². The standard InChI is InChI=1S/C25H33N3O5/c1-22(29)14-17(19-8-5-6-9-20(19)21-26-16-27-28-21)10-11-18(15-22)23(2,30)12-7-13-24(3,31)25(4,32)33/h5-6,8-11,14-16,29-33H,7,12-13H2,1-4H3,(H,26,27,28). The largest absolute Gasteiger partial charge is 0.385 e. The molecule has 2 aromatic rings. The highest BCUT2D eigenvalue weighted by Gasteiger charge is 2.40. The van der Waals surface area contributed by atoms with Gasteiger partial charge in [0.25, 0.3) is 0 Å². The number of hydrogen-bond acceptors (Lipinski definition) is 7. The SMILES string of the molecule is CC1(O)C=C(c2ccccc2-c2ncn[nH]2)C=CC(C(C)(O)CCCC(C)(O)C(C)(O)O)=C1. The van der Waals surface area contributed by atoms with Gasteiger partial charge in [-0.3, -0.25) is 5.10 Å². The first-order chi connectivity index (χ1) is 15.2. The van der Waals surface area contributed by atoms with E-state index in [0.29, 0.717) is 17.8 Å². The summed E-state index contributed by atoms with van der Waals surface area (Å²) in [7, 11) is 0. The monoisotopic (exact) mass is 455 g/mol. The predicted molar refractivity (Wildman–Crippen MR) is 126 cm³/mol. The molecule has 0 saturated heterocycles. The van der Waals surface area contributed by atoms with Gasteiger partial charge in [0.15, 0.2) is 11.6 Å². The fourth-order valence-corrected chi connectivity index (χ4v) is 3.88. The maximum absolute atomic E-state index is 11.2. The third-order valence-corrected chi connectivity index (χ3v) is 6.22. The number of hydrogen-bond donors (Lipinski definition) is 6. The van der Waals surface area contributed by atoms with E-state index in [0.717, 1.165) is 23.6 Å². The van der Waals surface area contributed by atoms with Crippen molar-refractivity contribution in [3.8, 4) is 11.4 Å². The molecule has 3 atom stereocenters. The number of nitrogens with one attached hydrogen (secondary N) is 1. The molecule has 1 aromatic carbocycles. The first-order valence-electron chi connectivity index (χ1n) is 10.9. The highest BCUT2D eigenvalue weighted by atomic mass is 16.5. The van der Waals surface area contributed by atoms with Gasteiger partial charge in [-0.1, -0.05) is 36.4 Å². The summed E-state index contributed by atoms with van der Waals surface area (Å²) >= 11 is 0. The lowest BCUT2D eigenvalue weighted by molar-refractivity contribution is -0.259. The number of rotatable bonds is 8. The first-order valence-corrected chi connectivity index (χ1v) is 10.9. The minimum Gasteiger partial charge on any atom is -0.385 e. The van der Waals surface area contributed by atoms with Crippen LogP contribution in [0, 0.1) is 0 Å². The topological polar surface area (TPSA) is 143 Å². The molecular weight excluding hydrogens is 422 g/mol. The number of benzene rings is 1. The Morgan fingerprint density at radius 1 is 0.939 bits per heavy atom. The molecule has 0 aliphatic heterocycles. The van der Waals surface area contributed by atoms with Crippen molar-refractivity contribution >= 4 is 5.57 Å². The highest BCUT2D eigenvalue weighted by Crippen LogP contribution is 2.36. The zero-order valence-corrected chi connectivity index (χ0v) is 19.4. The first kappa shape index (κ1) is 25.0. The van der Waals surface area contributed by atoms with Gasteiger partial charge in [0.2, 0.25) is 0 Å². The predicted octanol–water partition coefficient (Wildman–Crippen LogP) is 2.48. The van der Waals surface area contributed by atoms with E-state index in [1.165, 1.54) is 13.3 Å². The number of allylic oxidation sites excluding steroid dienone is 2. The fourth-order valence-electron chi connectivity index (χ4n) is 3.88. The van der Waals surface area contributed by atoms with E-state index in [9.17, 15) is 25.5 Å². The second-order valence-electron chi connectivity index (χ2n) is 9.56. The summed E-state index contributed by atoms with van der Waals surface area (Å²) in [6.45, 7) is 5.75. The normalized spacial score (nSPS) is 22.7. The lowest BCUT2D eigenvalue weighted by atomic mass is 9.84. The summed E-state index contributed by atoms with van der Waals surface area (Å²) in [5.74, 6) is -1.64. The van der Waals surface area contributed by atoms with E-state index in [-0.39, 0.29) is 12.8 Å². The fraction of sp³-hybridized carbons (Fsp3) is 0.440. The van der Waals surface area contributed by atoms with E-state index in [1.807, 2.05) is 30.3 Å². The van der Waals surface area contributed by atoms with E-state index < -0.39 is 22.6 Å². The summed E-state index contributed by atoms with van der Waals surface area (Å²) in [6.07, 6.45) is 9.02. The van der Waals surface area contributed by atoms with E-state index in [2.05, 4.69) is 15.2 Å². The molecule has 178 valence electrons. The number of aromatic nitrogens is 3. The van der Waals surface area contributed by atoms with Gasteiger partial charge in [-0.25, -0.2) is 4.98 Å². The molecular formula is C25H33N3O5. The molecule has 0 bridgehead atoms. The summed E-state index contributed by atoms with van der Waals surface area (Å²) in [5.41, 5.74) is -1.42. The van der Waals surface area contributed by atoms with Crippen molar-refractivity contribution in [1.29, 1.82) is 0 Å². The molecule has 8 heteroatoms. The van der Waals surface area contributed by atoms with Crippen molar-refractivity contribution < 1.29 is 25.5 Å². The smallest absolute Gasteiger partial charge is 0.189 e. The number of aliphatic hydroxyl groups is 5. The average molecular weight is 456 g/mol. The van der Waals surface area contributed by atoms with Crippen LogP contribution >= 0.6 is 0 Å². The van der Waals surface area contributed by atoms with Gasteiger partial charge in [0, 0.05) is 5.56 Å². The second kappa shape index (κ2) is 8.96. The minimum absolute atomic E-state index is 0.0775. The Labute approximate surface area is 193 Å². The zero-order chi connectivity index (χ0) is 24.5. The Balaban J connectivity index is 1.85. The van der Waals surface area contributed by atoms with Crippen LogP contribution in [0.1, 0.15) is 52.5 Å². The molecule has 33 heavy (non-hydrogen) atoms. The van der Waals surface area contributed by atoms with Crippen LogP contribution < -0.4 is 0 Å². The Hall–Kier alpha value is -2.62. The molecule has 1 heterocycles. The maximum atomic E-state index is 11.2. The molecule has 0 radical (unpaired) electrons. The van der Waals surface area contributed by atoms with Gasteiger partial charge in [-0.2, -0.15) is 5.10 Å². The number of H-pyrrole nitrogens is 1. The summed E-state index contributed by atoms with van der Waals surface area (Å²) in [4.78, 5) is 4.24. The molecule has 8 nitrogen and oxygen atoms in total. The third kappa shape index (κ3) is 5.85. The second-order valence-corrected chi connectivity index (χ2v) is 9.56. The van der Waals surface area contributed by atoms with Crippen LogP contribution in [0.25, 0.3) is 17.0 Å². The van der Waals surface area contributed by atoms with Crippen LogP contribution in [0.5, 0.6) is 0 Å². The van der Waals surface area contributed by atoms with Crippen molar-refractivity contribution in [3.63, 3.8) is 0 Å². The quantitative estimate of drug-likeness (QED) is 0.336. The van der Waals surface area contributed by atoms with Crippen LogP contribution in [0.15, 0.2) is 60.5 Å². The van der Waals surface area contributed by atoms with Gasteiger partial charge in [-0.15, -0.1) is 0 Å². The summed E-state index contributed by atoms with van der Waals surface area (Å²) in [6, 6.07) is 7.64. The molecule has 3 unspecified atom stereocenters. The molecule has 0 fully saturated rings. The Bertz CT molecular complexity index is 1060. The summed E-state index contributed by atoms with van der Waals surface area (Å²) < 4.78 is 0. The molecule has 0 amide bonds. The Morgan fingerprint density at radius 2 is 1.61 bits per heavy atom. The van der Waals surface area contributed by atoms with Crippen LogP contribution in [-0.4, -0.2) is 63.3 Å². The maximum Gasteiger partial charge on any atom is 0.189 e. The van der Waals surface area contributed by atoms with E-state index in [1.54, 1.807) is 32.1 Å². The highest BCUT2D eigenvalue weighted by molar-refractivity contribution is 5.85. The lowest BCUT2D eigenvalue weighted by Crippen LogP contribution is -2.50. The van der Waals surface area contributed by atoms with Crippen molar-refractivity contribution in [2.24, 2.45) is 0 Å². The van der Waals surface area contributed by atoms with Crippen LogP contribution in [0.4, 0.5) is 0 Å². The van der Waals surface area contributed by atoms with Crippen molar-refractivity contribution in [2.45, 2.75) is 69.5 Å². The van der Waals surface area contributed by atoms with Crippen molar-refractivity contribution in [3.05, 3.63) is 66.0 Å². The Kier molecular flexibility index (Phi) is 6.79. The Morgan fingerprint density at radius 3 is 2.21 bits per heavy atom. The van der Waals surface area contributed by atoms with Crippen molar-refractivity contribution in [1.82, 2.24) is 15.2 Å². The lowest BCUT2D eigenvalue weighted by Gasteiger charge is -2.35. The molecule has 0 spiro atoms. The minimum atomic E-state index is -2.25. The summed E-state index contributed by atoms with van der Waals surface area (Å²) in [5, 5.41) is 58.8. The van der Waals surface area contributed by atoms with Crippen LogP contribution in [0.3, 0.4) is 0 Å². The van der Waals surface area contributed by atoms with Gasteiger partial charge in [0.1, 0.15) is 11.9 Å².